The summed E-state index contributed by atoms with van der Waals surface area (Å²) in [5.41, 5.74) is 9.92. The normalized spacial score (nSPS) is 11.0. The van der Waals surface area contributed by atoms with Crippen LogP contribution in [0, 0.1) is 0 Å². The summed E-state index contributed by atoms with van der Waals surface area (Å²) in [5, 5.41) is 17.4. The summed E-state index contributed by atoms with van der Waals surface area (Å²) in [6.45, 7) is 0. The first kappa shape index (κ1) is 27.2. The fourth-order valence-corrected chi connectivity index (χ4v) is 5.59. The van der Waals surface area contributed by atoms with Crippen molar-refractivity contribution < 1.29 is 8.83 Å². The molecule has 0 aliphatic carbocycles. The third kappa shape index (κ3) is 5.29. The van der Waals surface area contributed by atoms with E-state index < -0.39 is 0 Å². The van der Waals surface area contributed by atoms with Gasteiger partial charge in [-0.1, -0.05) is 121 Å². The summed E-state index contributed by atoms with van der Waals surface area (Å²) in [7, 11) is 0. The van der Waals surface area contributed by atoms with E-state index in [1.807, 2.05) is 97.1 Å². The van der Waals surface area contributed by atoms with Crippen molar-refractivity contribution in [2.45, 2.75) is 0 Å². The van der Waals surface area contributed by atoms with Gasteiger partial charge in [0.15, 0.2) is 0 Å². The molecule has 2 aromatic heterocycles. The second kappa shape index (κ2) is 11.9. The highest BCUT2D eigenvalue weighted by atomic mass is 16.4. The van der Waals surface area contributed by atoms with Crippen LogP contribution in [0.1, 0.15) is 0 Å². The van der Waals surface area contributed by atoms with E-state index in [0.717, 1.165) is 55.6 Å². The monoisotopic (exact) mass is 594 g/mol. The van der Waals surface area contributed by atoms with Gasteiger partial charge >= 0.3 is 0 Å². The van der Waals surface area contributed by atoms with Crippen LogP contribution in [0.15, 0.2) is 167 Å². The van der Waals surface area contributed by atoms with Gasteiger partial charge in [-0.15, -0.1) is 20.4 Å². The second-order valence-corrected chi connectivity index (χ2v) is 10.8. The number of nitrogens with zero attached hydrogens (tertiary/aromatic N) is 4. The molecule has 8 rings (SSSR count). The maximum absolute atomic E-state index is 6.15. The lowest BCUT2D eigenvalue weighted by Gasteiger charge is -2.06. The summed E-state index contributed by atoms with van der Waals surface area (Å²) < 4.78 is 12.3. The molecule has 0 aliphatic rings. The summed E-state index contributed by atoms with van der Waals surface area (Å²) in [6.07, 6.45) is 0. The first-order valence-electron chi connectivity index (χ1n) is 15.0. The predicted molar refractivity (Wildman–Crippen MR) is 180 cm³/mol. The molecule has 0 radical (unpaired) electrons. The smallest absolute Gasteiger partial charge is 0.248 e. The van der Waals surface area contributed by atoms with Crippen molar-refractivity contribution in [3.8, 4) is 79.2 Å². The van der Waals surface area contributed by atoms with Crippen molar-refractivity contribution >= 4 is 0 Å². The molecule has 0 unspecified atom stereocenters. The number of hydrogen-bond donors (Lipinski definition) is 0. The Morgan fingerprint density at radius 1 is 0.239 bits per heavy atom. The van der Waals surface area contributed by atoms with Crippen LogP contribution in [-0.2, 0) is 0 Å². The third-order valence-electron chi connectivity index (χ3n) is 7.93. The molecule has 0 spiro atoms. The lowest BCUT2D eigenvalue weighted by Crippen LogP contribution is -1.84. The highest BCUT2D eigenvalue weighted by Gasteiger charge is 2.16. The van der Waals surface area contributed by atoms with E-state index in [2.05, 4.69) is 81.1 Å². The first-order valence-corrected chi connectivity index (χ1v) is 15.0. The second-order valence-electron chi connectivity index (χ2n) is 10.8. The number of rotatable bonds is 7. The lowest BCUT2D eigenvalue weighted by molar-refractivity contribution is 0.584. The summed E-state index contributed by atoms with van der Waals surface area (Å²) in [6, 6.07) is 52.7. The molecule has 6 aromatic carbocycles. The topological polar surface area (TPSA) is 77.8 Å². The SMILES string of the molecule is c1ccc(-c2ccccc2-c2nnc(-c3ccc(-c4ccc(-c5nnc(-c6ccccc6-c6ccccc6)o5)cc4)cc3)o2)cc1. The number of aromatic nitrogens is 4. The predicted octanol–water partition coefficient (Wildman–Crippen LogP) is 10.1. The summed E-state index contributed by atoms with van der Waals surface area (Å²) in [4.78, 5) is 0. The van der Waals surface area contributed by atoms with Gasteiger partial charge in [-0.2, -0.15) is 0 Å². The molecule has 0 aliphatic heterocycles. The van der Waals surface area contributed by atoms with E-state index >= 15 is 0 Å². The van der Waals surface area contributed by atoms with Gasteiger partial charge in [-0.25, -0.2) is 0 Å². The fourth-order valence-electron chi connectivity index (χ4n) is 5.59. The summed E-state index contributed by atoms with van der Waals surface area (Å²) in [5.74, 6) is 1.92. The van der Waals surface area contributed by atoms with Gasteiger partial charge in [0.2, 0.25) is 23.6 Å². The van der Waals surface area contributed by atoms with E-state index in [0.29, 0.717) is 23.6 Å². The molecule has 0 atom stereocenters. The molecule has 8 aromatic rings. The van der Waals surface area contributed by atoms with Gasteiger partial charge in [-0.3, -0.25) is 0 Å². The average Bonchev–Trinajstić information content (AvgIpc) is 3.84. The van der Waals surface area contributed by atoms with E-state index in [9.17, 15) is 0 Å². The molecule has 0 bridgehead atoms. The largest absolute Gasteiger partial charge is 0.416 e. The molecule has 6 nitrogen and oxygen atoms in total. The van der Waals surface area contributed by atoms with Crippen LogP contribution in [-0.4, -0.2) is 20.4 Å². The Balaban J connectivity index is 1.01. The molecule has 0 saturated carbocycles. The zero-order valence-electron chi connectivity index (χ0n) is 24.6. The quantitative estimate of drug-likeness (QED) is 0.183. The molecule has 0 N–H and O–H groups in total. The average molecular weight is 595 g/mol. The van der Waals surface area contributed by atoms with Gasteiger partial charge in [-0.05, 0) is 69.8 Å². The Kier molecular flexibility index (Phi) is 7.05. The molecule has 0 amide bonds. The standard InChI is InChI=1S/C40H26N4O2/c1-3-11-29(12-4-1)33-15-7-9-17-35(33)39-43-41-37(45-39)31-23-19-27(20-24-31)28-21-25-32(26-22-28)38-42-44-40(46-38)36-18-10-8-16-34(36)30-13-5-2-6-14-30/h1-26H. The van der Waals surface area contributed by atoms with E-state index in [1.165, 1.54) is 0 Å². The van der Waals surface area contributed by atoms with Gasteiger partial charge < -0.3 is 8.83 Å². The maximum atomic E-state index is 6.15. The van der Waals surface area contributed by atoms with Crippen molar-refractivity contribution in [2.75, 3.05) is 0 Å². The van der Waals surface area contributed by atoms with Crippen LogP contribution >= 0.6 is 0 Å². The molecule has 0 fully saturated rings. The highest BCUT2D eigenvalue weighted by molar-refractivity contribution is 5.81. The molecule has 2 heterocycles. The zero-order chi connectivity index (χ0) is 30.7. The Morgan fingerprint density at radius 2 is 0.543 bits per heavy atom. The molecule has 6 heteroatoms. The summed E-state index contributed by atoms with van der Waals surface area (Å²) >= 11 is 0. The maximum Gasteiger partial charge on any atom is 0.248 e. The van der Waals surface area contributed by atoms with Crippen molar-refractivity contribution in [1.82, 2.24) is 20.4 Å². The Bertz CT molecular complexity index is 2080. The molecular formula is C40H26N4O2. The lowest BCUT2D eigenvalue weighted by atomic mass is 10.00. The van der Waals surface area contributed by atoms with Crippen molar-refractivity contribution in [3.63, 3.8) is 0 Å². The van der Waals surface area contributed by atoms with E-state index in [4.69, 9.17) is 8.83 Å². The van der Waals surface area contributed by atoms with Gasteiger partial charge in [0, 0.05) is 22.3 Å². The minimum absolute atomic E-state index is 0.473. The first-order chi connectivity index (χ1) is 22.8. The van der Waals surface area contributed by atoms with Crippen molar-refractivity contribution in [3.05, 3.63) is 158 Å². The van der Waals surface area contributed by atoms with Crippen LogP contribution in [0.4, 0.5) is 0 Å². The zero-order valence-corrected chi connectivity index (χ0v) is 24.6. The van der Waals surface area contributed by atoms with Crippen LogP contribution in [0.2, 0.25) is 0 Å². The minimum atomic E-state index is 0.473. The number of benzene rings is 6. The number of hydrogen-bond acceptors (Lipinski definition) is 6. The van der Waals surface area contributed by atoms with Gasteiger partial charge in [0.1, 0.15) is 0 Å². The Morgan fingerprint density at radius 3 is 0.935 bits per heavy atom. The van der Waals surface area contributed by atoms with Crippen LogP contribution in [0.3, 0.4) is 0 Å². The van der Waals surface area contributed by atoms with Crippen molar-refractivity contribution in [2.24, 2.45) is 0 Å². The minimum Gasteiger partial charge on any atom is -0.416 e. The fraction of sp³-hybridized carbons (Fsp3) is 0. The highest BCUT2D eigenvalue weighted by Crippen LogP contribution is 2.35. The van der Waals surface area contributed by atoms with Crippen LogP contribution in [0.5, 0.6) is 0 Å². The van der Waals surface area contributed by atoms with E-state index in [1.54, 1.807) is 0 Å². The molecule has 218 valence electrons. The van der Waals surface area contributed by atoms with Gasteiger partial charge in [0.05, 0.1) is 0 Å². The Hall–Kier alpha value is -6.40. The molecule has 0 saturated heterocycles. The van der Waals surface area contributed by atoms with Crippen molar-refractivity contribution in [1.29, 1.82) is 0 Å². The van der Waals surface area contributed by atoms with Crippen LogP contribution < -0.4 is 0 Å². The Labute approximate surface area is 265 Å². The van der Waals surface area contributed by atoms with Gasteiger partial charge in [0.25, 0.3) is 0 Å². The van der Waals surface area contributed by atoms with E-state index in [-0.39, 0.29) is 0 Å². The molecular weight excluding hydrogens is 568 g/mol. The third-order valence-corrected chi connectivity index (χ3v) is 7.93. The molecule has 46 heavy (non-hydrogen) atoms. The van der Waals surface area contributed by atoms with Crippen LogP contribution in [0.25, 0.3) is 79.2 Å².